The summed E-state index contributed by atoms with van der Waals surface area (Å²) in [6.07, 6.45) is -5.01. The van der Waals surface area contributed by atoms with Crippen LogP contribution in [0.4, 0.5) is 34.2 Å². The van der Waals surface area contributed by atoms with Crippen LogP contribution in [0.3, 0.4) is 0 Å². The summed E-state index contributed by atoms with van der Waals surface area (Å²) in [4.78, 5) is 29.8. The molecule has 2 aromatic carbocycles. The average molecular weight is 468 g/mol. The zero-order valence-corrected chi connectivity index (χ0v) is 17.2. The van der Waals surface area contributed by atoms with Crippen molar-refractivity contribution >= 4 is 39.7 Å². The van der Waals surface area contributed by atoms with Gasteiger partial charge >= 0.3 is 6.36 Å². The molecular formula is C20H16F4N4O3S. The van der Waals surface area contributed by atoms with E-state index in [-0.39, 0.29) is 21.5 Å². The number of rotatable bonds is 7. The minimum Gasteiger partial charge on any atom is -0.406 e. The molecule has 0 fully saturated rings. The number of carbonyl (C=O) groups excluding carboxylic acids is 2. The number of hydrogen-bond donors (Lipinski definition) is 2. The molecule has 32 heavy (non-hydrogen) atoms. The van der Waals surface area contributed by atoms with Gasteiger partial charge in [-0.2, -0.15) is 0 Å². The fourth-order valence-electron chi connectivity index (χ4n) is 2.79. The summed E-state index contributed by atoms with van der Waals surface area (Å²) in [7, 11) is 0. The number of hydrogen-bond acceptors (Lipinski definition) is 7. The number of aromatic nitrogens is 1. The lowest BCUT2D eigenvalue weighted by atomic mass is 10.1. The molecule has 1 unspecified atom stereocenters. The number of ketones is 1. The zero-order valence-electron chi connectivity index (χ0n) is 16.4. The summed E-state index contributed by atoms with van der Waals surface area (Å²) in [5.74, 6) is -3.39. The molecule has 12 heteroatoms. The van der Waals surface area contributed by atoms with Gasteiger partial charge in [0.25, 0.3) is 0 Å². The highest BCUT2D eigenvalue weighted by atomic mass is 32.1. The number of amides is 1. The van der Waals surface area contributed by atoms with Crippen molar-refractivity contribution in [3.8, 4) is 5.75 Å². The second-order valence-corrected chi connectivity index (χ2v) is 7.49. The highest BCUT2D eigenvalue weighted by molar-refractivity contribution is 7.18. The number of thiazole rings is 1. The van der Waals surface area contributed by atoms with E-state index < -0.39 is 35.7 Å². The van der Waals surface area contributed by atoms with Crippen LogP contribution >= 0.6 is 11.3 Å². The summed E-state index contributed by atoms with van der Waals surface area (Å²) in [6.45, 7) is 1.35. The molecule has 1 aromatic heterocycles. The van der Waals surface area contributed by atoms with E-state index in [1.165, 1.54) is 6.92 Å². The summed E-state index contributed by atoms with van der Waals surface area (Å²) in [5, 5.41) is -0.0449. The van der Waals surface area contributed by atoms with Crippen molar-refractivity contribution in [3.63, 3.8) is 0 Å². The van der Waals surface area contributed by atoms with E-state index in [4.69, 9.17) is 11.5 Å². The minimum absolute atomic E-state index is 0.0449. The third kappa shape index (κ3) is 4.97. The first-order valence-electron chi connectivity index (χ1n) is 8.98. The predicted octanol–water partition coefficient (Wildman–Crippen LogP) is 4.01. The first-order chi connectivity index (χ1) is 15.0. The summed E-state index contributed by atoms with van der Waals surface area (Å²) in [6, 6.07) is 9.38. The number of anilines is 3. The van der Waals surface area contributed by atoms with Gasteiger partial charge in [0.05, 0.1) is 5.69 Å². The Labute approximate surface area is 183 Å². The Morgan fingerprint density at radius 1 is 1.16 bits per heavy atom. The van der Waals surface area contributed by atoms with Crippen molar-refractivity contribution in [2.24, 2.45) is 5.73 Å². The van der Waals surface area contributed by atoms with Crippen LogP contribution in [0.15, 0.2) is 48.5 Å². The maximum atomic E-state index is 14.8. The molecule has 1 atom stereocenters. The first-order valence-corrected chi connectivity index (χ1v) is 9.79. The number of ether oxygens (including phenoxy) is 1. The lowest BCUT2D eigenvalue weighted by molar-refractivity contribution is -0.274. The van der Waals surface area contributed by atoms with Crippen LogP contribution in [0.1, 0.15) is 22.2 Å². The van der Waals surface area contributed by atoms with Crippen molar-refractivity contribution in [3.05, 3.63) is 64.8 Å². The van der Waals surface area contributed by atoms with Gasteiger partial charge in [0.15, 0.2) is 10.9 Å². The maximum Gasteiger partial charge on any atom is 0.573 e. The van der Waals surface area contributed by atoms with Crippen LogP contribution in [0.5, 0.6) is 5.75 Å². The standard InChI is InChI=1S/C20H16F4N4O3S/c1-10(18(26)30)28(14-8-7-12(9-13(14)21)31-20(22,23)24)19-27-17(25)16(32-19)15(29)11-5-3-2-4-6-11/h2-10H,25H2,1H3,(H2,26,30). The normalized spacial score (nSPS) is 12.3. The molecule has 1 amide bonds. The number of halogens is 4. The van der Waals surface area contributed by atoms with Crippen LogP contribution < -0.4 is 21.1 Å². The molecule has 0 saturated heterocycles. The Morgan fingerprint density at radius 3 is 2.38 bits per heavy atom. The van der Waals surface area contributed by atoms with E-state index in [0.717, 1.165) is 28.4 Å². The molecule has 0 spiro atoms. The first kappa shape index (κ1) is 23.0. The smallest absolute Gasteiger partial charge is 0.406 e. The molecule has 0 bridgehead atoms. The Kier molecular flexibility index (Phi) is 6.35. The predicted molar refractivity (Wildman–Crippen MR) is 110 cm³/mol. The number of nitrogen functional groups attached to an aromatic ring is 1. The van der Waals surface area contributed by atoms with Crippen molar-refractivity contribution in [1.29, 1.82) is 0 Å². The lowest BCUT2D eigenvalue weighted by Gasteiger charge is -2.27. The third-order valence-electron chi connectivity index (χ3n) is 4.30. The number of carbonyl (C=O) groups is 2. The second-order valence-electron chi connectivity index (χ2n) is 6.52. The highest BCUT2D eigenvalue weighted by Crippen LogP contribution is 2.38. The average Bonchev–Trinajstić information content (AvgIpc) is 3.09. The monoisotopic (exact) mass is 468 g/mol. The van der Waals surface area contributed by atoms with Gasteiger partial charge in [0, 0.05) is 11.6 Å². The number of nitrogens with two attached hydrogens (primary N) is 2. The van der Waals surface area contributed by atoms with Crippen LogP contribution in [0.2, 0.25) is 0 Å². The molecule has 4 N–H and O–H groups in total. The van der Waals surface area contributed by atoms with E-state index in [2.05, 4.69) is 9.72 Å². The quantitative estimate of drug-likeness (QED) is 0.400. The van der Waals surface area contributed by atoms with Gasteiger partial charge < -0.3 is 21.1 Å². The Bertz CT molecular complexity index is 1150. The van der Waals surface area contributed by atoms with Crippen molar-refractivity contribution in [1.82, 2.24) is 4.98 Å². The summed E-state index contributed by atoms with van der Waals surface area (Å²) in [5.41, 5.74) is 11.3. The molecule has 168 valence electrons. The second kappa shape index (κ2) is 8.83. The van der Waals surface area contributed by atoms with Gasteiger partial charge in [-0.3, -0.25) is 9.59 Å². The molecule has 0 aliphatic rings. The van der Waals surface area contributed by atoms with Crippen LogP contribution in [-0.2, 0) is 4.79 Å². The molecule has 3 rings (SSSR count). The fourth-order valence-corrected chi connectivity index (χ4v) is 3.83. The largest absolute Gasteiger partial charge is 0.573 e. The van der Waals surface area contributed by atoms with E-state index in [9.17, 15) is 27.2 Å². The van der Waals surface area contributed by atoms with Crippen molar-refractivity contribution < 1.29 is 31.9 Å². The molecule has 0 aliphatic heterocycles. The molecule has 7 nitrogen and oxygen atoms in total. The Balaban J connectivity index is 2.05. The van der Waals surface area contributed by atoms with E-state index >= 15 is 0 Å². The van der Waals surface area contributed by atoms with Gasteiger partial charge in [0.2, 0.25) is 11.7 Å². The van der Waals surface area contributed by atoms with E-state index in [0.29, 0.717) is 11.6 Å². The van der Waals surface area contributed by atoms with E-state index in [1.54, 1.807) is 30.3 Å². The topological polar surface area (TPSA) is 112 Å². The SMILES string of the molecule is CC(C(N)=O)N(c1nc(N)c(C(=O)c2ccccc2)s1)c1ccc(OC(F)(F)F)cc1F. The Morgan fingerprint density at radius 2 is 1.81 bits per heavy atom. The molecule has 1 heterocycles. The zero-order chi connectivity index (χ0) is 23.6. The maximum absolute atomic E-state index is 14.8. The number of alkyl halides is 3. The van der Waals surface area contributed by atoms with Gasteiger partial charge in [-0.1, -0.05) is 41.7 Å². The van der Waals surface area contributed by atoms with Gasteiger partial charge in [-0.15, -0.1) is 13.2 Å². The summed E-state index contributed by atoms with van der Waals surface area (Å²) >= 11 is 0.789. The van der Waals surface area contributed by atoms with Crippen molar-refractivity contribution in [2.45, 2.75) is 19.3 Å². The van der Waals surface area contributed by atoms with Gasteiger partial charge in [-0.05, 0) is 19.1 Å². The molecule has 3 aromatic rings. The molecular weight excluding hydrogens is 452 g/mol. The molecule has 0 aliphatic carbocycles. The summed E-state index contributed by atoms with van der Waals surface area (Å²) < 4.78 is 55.7. The molecule has 0 radical (unpaired) electrons. The van der Waals surface area contributed by atoms with Gasteiger partial charge in [0.1, 0.15) is 22.5 Å². The van der Waals surface area contributed by atoms with Crippen molar-refractivity contribution in [2.75, 3.05) is 10.6 Å². The number of benzene rings is 2. The fraction of sp³-hybridized carbons (Fsp3) is 0.150. The minimum atomic E-state index is -5.01. The van der Waals surface area contributed by atoms with E-state index in [1.807, 2.05) is 0 Å². The van der Waals surface area contributed by atoms with Crippen LogP contribution in [0.25, 0.3) is 0 Å². The molecule has 0 saturated carbocycles. The van der Waals surface area contributed by atoms with Crippen LogP contribution in [-0.4, -0.2) is 29.1 Å². The van der Waals surface area contributed by atoms with Gasteiger partial charge in [-0.25, -0.2) is 9.37 Å². The van der Waals surface area contributed by atoms with Crippen LogP contribution in [0, 0.1) is 5.82 Å². The number of primary amides is 1. The lowest BCUT2D eigenvalue weighted by Crippen LogP contribution is -2.40. The Hall–Kier alpha value is -3.67. The number of nitrogens with zero attached hydrogens (tertiary/aromatic N) is 2. The third-order valence-corrected chi connectivity index (χ3v) is 5.37. The highest BCUT2D eigenvalue weighted by Gasteiger charge is 2.33.